The first kappa shape index (κ1) is 18.8. The SMILES string of the molecule is O=C(C(C(F)(F)F)C(F)(F)F)N(CCO)CC(F)(F)F. The summed E-state index contributed by atoms with van der Waals surface area (Å²) in [7, 11) is 0. The van der Waals surface area contributed by atoms with Gasteiger partial charge in [0.05, 0.1) is 6.61 Å². The van der Waals surface area contributed by atoms with Crippen LogP contribution in [0.3, 0.4) is 0 Å². The number of alkyl halides is 9. The highest BCUT2D eigenvalue weighted by molar-refractivity contribution is 5.80. The van der Waals surface area contributed by atoms with Gasteiger partial charge in [-0.3, -0.25) is 4.79 Å². The molecule has 0 unspecified atom stereocenters. The minimum atomic E-state index is -6.09. The van der Waals surface area contributed by atoms with Gasteiger partial charge in [-0.2, -0.15) is 39.5 Å². The largest absolute Gasteiger partial charge is 0.409 e. The van der Waals surface area contributed by atoms with Gasteiger partial charge in [-0.05, 0) is 0 Å². The van der Waals surface area contributed by atoms with Crippen LogP contribution in [-0.2, 0) is 4.79 Å². The van der Waals surface area contributed by atoms with E-state index >= 15 is 0 Å². The molecule has 0 aliphatic carbocycles. The van der Waals surface area contributed by atoms with E-state index in [0.717, 1.165) is 0 Å². The number of amides is 1. The molecule has 1 amide bonds. The van der Waals surface area contributed by atoms with E-state index in [9.17, 15) is 44.3 Å². The van der Waals surface area contributed by atoms with Crippen molar-refractivity contribution in [1.82, 2.24) is 4.90 Å². The second-order valence-corrected chi connectivity index (χ2v) is 3.61. The van der Waals surface area contributed by atoms with Gasteiger partial charge in [0.1, 0.15) is 6.54 Å². The number of carbonyl (C=O) groups excluding carboxylic acids is 1. The standard InChI is InChI=1S/C8H8F9NO2/c9-6(10,11)3-18(1-2-19)5(20)4(7(12,13)14)8(15,16)17/h4,19H,1-3H2. The van der Waals surface area contributed by atoms with Crippen molar-refractivity contribution in [1.29, 1.82) is 0 Å². The van der Waals surface area contributed by atoms with Crippen LogP contribution in [0.25, 0.3) is 0 Å². The number of hydrogen-bond donors (Lipinski definition) is 1. The van der Waals surface area contributed by atoms with Gasteiger partial charge >= 0.3 is 18.5 Å². The molecule has 20 heavy (non-hydrogen) atoms. The molecule has 0 fully saturated rings. The molecule has 0 aromatic heterocycles. The predicted octanol–water partition coefficient (Wildman–Crippen LogP) is 2.11. The summed E-state index contributed by atoms with van der Waals surface area (Å²) in [6.45, 7) is -4.85. The highest BCUT2D eigenvalue weighted by atomic mass is 19.4. The van der Waals surface area contributed by atoms with Gasteiger partial charge in [0, 0.05) is 6.54 Å². The maximum absolute atomic E-state index is 12.2. The van der Waals surface area contributed by atoms with Crippen molar-refractivity contribution >= 4 is 5.91 Å². The zero-order chi connectivity index (χ0) is 16.4. The average Bonchev–Trinajstić information content (AvgIpc) is 2.09. The number of hydrogen-bond acceptors (Lipinski definition) is 2. The summed E-state index contributed by atoms with van der Waals surface area (Å²) in [5, 5.41) is 8.35. The maximum Gasteiger partial charge on any atom is 0.409 e. The van der Waals surface area contributed by atoms with Gasteiger partial charge < -0.3 is 10.0 Å². The number of aliphatic hydroxyl groups is 1. The Bertz CT molecular complexity index is 318. The predicted molar refractivity (Wildman–Crippen MR) is 45.3 cm³/mol. The molecule has 0 radical (unpaired) electrons. The average molecular weight is 321 g/mol. The normalized spacial score (nSPS) is 13.8. The molecule has 0 heterocycles. The lowest BCUT2D eigenvalue weighted by atomic mass is 10.1. The van der Waals surface area contributed by atoms with Crippen LogP contribution in [0.4, 0.5) is 39.5 Å². The lowest BCUT2D eigenvalue weighted by Crippen LogP contribution is -2.52. The van der Waals surface area contributed by atoms with Crippen molar-refractivity contribution in [2.24, 2.45) is 5.92 Å². The molecule has 0 rings (SSSR count). The number of rotatable bonds is 4. The molecule has 12 heteroatoms. The Morgan fingerprint density at radius 2 is 1.35 bits per heavy atom. The Balaban J connectivity index is 5.38. The number of halogens is 9. The fraction of sp³-hybridized carbons (Fsp3) is 0.875. The first-order valence-corrected chi connectivity index (χ1v) is 4.80. The molecule has 3 nitrogen and oxygen atoms in total. The third-order valence-electron chi connectivity index (χ3n) is 1.95. The molecule has 120 valence electrons. The van der Waals surface area contributed by atoms with Crippen molar-refractivity contribution in [3.05, 3.63) is 0 Å². The van der Waals surface area contributed by atoms with Gasteiger partial charge in [-0.25, -0.2) is 0 Å². The van der Waals surface area contributed by atoms with E-state index in [2.05, 4.69) is 0 Å². The summed E-state index contributed by atoms with van der Waals surface area (Å²) in [5.41, 5.74) is 0. The smallest absolute Gasteiger partial charge is 0.395 e. The summed E-state index contributed by atoms with van der Waals surface area (Å²) in [6, 6.07) is 0. The maximum atomic E-state index is 12.2. The lowest BCUT2D eigenvalue weighted by molar-refractivity contribution is -0.279. The minimum absolute atomic E-state index is 0.731. The summed E-state index contributed by atoms with van der Waals surface area (Å²) in [4.78, 5) is 10.3. The summed E-state index contributed by atoms with van der Waals surface area (Å²) < 4.78 is 109. The molecule has 0 aliphatic heterocycles. The second kappa shape index (κ2) is 6.06. The fourth-order valence-corrected chi connectivity index (χ4v) is 1.25. The number of aliphatic hydroxyl groups excluding tert-OH is 1. The third kappa shape index (κ3) is 5.84. The topological polar surface area (TPSA) is 40.5 Å². The first-order valence-electron chi connectivity index (χ1n) is 4.80. The molecule has 0 saturated heterocycles. The van der Waals surface area contributed by atoms with E-state index in [1.54, 1.807) is 0 Å². The first-order chi connectivity index (χ1) is 8.70. The van der Waals surface area contributed by atoms with Crippen molar-refractivity contribution in [3.8, 4) is 0 Å². The van der Waals surface area contributed by atoms with Gasteiger partial charge in [-0.15, -0.1) is 0 Å². The monoisotopic (exact) mass is 321 g/mol. The Morgan fingerprint density at radius 3 is 1.60 bits per heavy atom. The van der Waals surface area contributed by atoms with Crippen molar-refractivity contribution in [3.63, 3.8) is 0 Å². The summed E-state index contributed by atoms with van der Waals surface area (Å²) >= 11 is 0. The molecule has 1 N–H and O–H groups in total. The highest BCUT2D eigenvalue weighted by Gasteiger charge is 2.62. The van der Waals surface area contributed by atoms with Crippen molar-refractivity contribution in [2.75, 3.05) is 19.7 Å². The van der Waals surface area contributed by atoms with Gasteiger partial charge in [0.15, 0.2) is 0 Å². The molecule has 0 spiro atoms. The van der Waals surface area contributed by atoms with Crippen LogP contribution in [0.15, 0.2) is 0 Å². The van der Waals surface area contributed by atoms with Gasteiger partial charge in [-0.1, -0.05) is 0 Å². The van der Waals surface area contributed by atoms with E-state index in [-0.39, 0.29) is 0 Å². The Hall–Kier alpha value is -1.20. The zero-order valence-electron chi connectivity index (χ0n) is 9.40. The highest BCUT2D eigenvalue weighted by Crippen LogP contribution is 2.40. The van der Waals surface area contributed by atoms with Gasteiger partial charge in [0.2, 0.25) is 11.8 Å². The quantitative estimate of drug-likeness (QED) is 0.806. The molecule has 0 bridgehead atoms. The number of nitrogens with zero attached hydrogens (tertiary/aromatic N) is 1. The van der Waals surface area contributed by atoms with Crippen LogP contribution in [0.5, 0.6) is 0 Å². The summed E-state index contributed by atoms with van der Waals surface area (Å²) in [6.07, 6.45) is -17.4. The molecule has 0 aliphatic rings. The van der Waals surface area contributed by atoms with Gasteiger partial charge in [0.25, 0.3) is 0 Å². The molecular weight excluding hydrogens is 313 g/mol. The molecule has 0 aromatic rings. The lowest BCUT2D eigenvalue weighted by Gasteiger charge is -2.29. The van der Waals surface area contributed by atoms with Crippen LogP contribution in [0.1, 0.15) is 0 Å². The van der Waals surface area contributed by atoms with E-state index in [1.807, 2.05) is 0 Å². The van der Waals surface area contributed by atoms with E-state index < -0.39 is 55.0 Å². The Kier molecular flexibility index (Phi) is 5.69. The molecular formula is C8H8F9NO2. The van der Waals surface area contributed by atoms with Crippen LogP contribution in [0, 0.1) is 5.92 Å². The van der Waals surface area contributed by atoms with E-state index in [1.165, 1.54) is 0 Å². The Morgan fingerprint density at radius 1 is 0.950 bits per heavy atom. The van der Waals surface area contributed by atoms with E-state index in [0.29, 0.717) is 0 Å². The fourth-order valence-electron chi connectivity index (χ4n) is 1.25. The molecule has 0 aromatic carbocycles. The van der Waals surface area contributed by atoms with Crippen LogP contribution >= 0.6 is 0 Å². The number of carbonyl (C=O) groups is 1. The molecule has 0 atom stereocenters. The van der Waals surface area contributed by atoms with Crippen LogP contribution in [0.2, 0.25) is 0 Å². The van der Waals surface area contributed by atoms with Crippen LogP contribution in [-0.4, -0.2) is 54.1 Å². The van der Waals surface area contributed by atoms with Crippen LogP contribution < -0.4 is 0 Å². The molecule has 0 saturated carbocycles. The van der Waals surface area contributed by atoms with Crippen molar-refractivity contribution in [2.45, 2.75) is 18.5 Å². The van der Waals surface area contributed by atoms with E-state index in [4.69, 9.17) is 5.11 Å². The third-order valence-corrected chi connectivity index (χ3v) is 1.95. The zero-order valence-corrected chi connectivity index (χ0v) is 9.40. The second-order valence-electron chi connectivity index (χ2n) is 3.61. The summed E-state index contributed by atoms with van der Waals surface area (Å²) in [5.74, 6) is -7.37. The minimum Gasteiger partial charge on any atom is -0.395 e. The van der Waals surface area contributed by atoms with Crippen molar-refractivity contribution < 1.29 is 49.4 Å². The Labute approximate surface area is 105 Å².